The van der Waals surface area contributed by atoms with Gasteiger partial charge >= 0.3 is 0 Å². The van der Waals surface area contributed by atoms with Crippen molar-refractivity contribution in [2.45, 2.75) is 25.8 Å². The summed E-state index contributed by atoms with van der Waals surface area (Å²) in [6, 6.07) is 8.56. The molecule has 1 aliphatic rings. The van der Waals surface area contributed by atoms with E-state index in [1.165, 1.54) is 15.6 Å². The van der Waals surface area contributed by atoms with Gasteiger partial charge in [0.25, 0.3) is 0 Å². The topological polar surface area (TPSA) is 43.8 Å². The molecule has 1 aromatic heterocycles. The number of fused-ring (bicyclic) bond motifs is 1. The van der Waals surface area contributed by atoms with Crippen molar-refractivity contribution in [2.75, 3.05) is 5.73 Å². The third-order valence-corrected chi connectivity index (χ3v) is 4.11. The quantitative estimate of drug-likeness (QED) is 0.878. The highest BCUT2D eigenvalue weighted by molar-refractivity contribution is 9.10. The smallest absolute Gasteiger partial charge is 0.122 e. The van der Waals surface area contributed by atoms with Gasteiger partial charge in [-0.05, 0) is 37.0 Å². The molecule has 3 nitrogen and oxygen atoms in total. The predicted molar refractivity (Wildman–Crippen MR) is 72.0 cm³/mol. The van der Waals surface area contributed by atoms with E-state index in [1.807, 2.05) is 17.7 Å². The molecule has 0 aliphatic heterocycles. The van der Waals surface area contributed by atoms with Gasteiger partial charge in [-0.1, -0.05) is 28.1 Å². The highest BCUT2D eigenvalue weighted by Gasteiger charge is 2.27. The molecule has 0 spiro atoms. The average Bonchev–Trinajstić information content (AvgIpc) is 2.83. The zero-order chi connectivity index (χ0) is 12.0. The van der Waals surface area contributed by atoms with Crippen molar-refractivity contribution in [1.82, 2.24) is 9.78 Å². The molecule has 1 aliphatic carbocycles. The first-order valence-electron chi connectivity index (χ1n) is 5.75. The van der Waals surface area contributed by atoms with Crippen LogP contribution in [0.1, 0.15) is 29.3 Å². The number of nitrogens with two attached hydrogens (primary N) is 1. The van der Waals surface area contributed by atoms with Gasteiger partial charge in [-0.15, -0.1) is 0 Å². The second kappa shape index (κ2) is 3.88. The fourth-order valence-corrected chi connectivity index (χ4v) is 3.21. The van der Waals surface area contributed by atoms with Crippen LogP contribution in [0.25, 0.3) is 0 Å². The number of nitrogens with zero attached hydrogens (tertiary/aromatic N) is 2. The number of anilines is 1. The van der Waals surface area contributed by atoms with Crippen molar-refractivity contribution in [2.24, 2.45) is 0 Å². The van der Waals surface area contributed by atoms with E-state index >= 15 is 0 Å². The van der Waals surface area contributed by atoms with Gasteiger partial charge in [-0.2, -0.15) is 5.10 Å². The first-order chi connectivity index (χ1) is 8.16. The molecule has 0 radical (unpaired) electrons. The van der Waals surface area contributed by atoms with E-state index in [2.05, 4.69) is 39.2 Å². The standard InChI is InChI=1S/C13H14BrN3/c1-8-7-13(15)17(16-8)12-6-5-9-10(12)3-2-4-11(9)14/h2-4,7,12H,5-6,15H2,1H3. The first-order valence-corrected chi connectivity index (χ1v) is 6.55. The highest BCUT2D eigenvalue weighted by Crippen LogP contribution is 2.38. The summed E-state index contributed by atoms with van der Waals surface area (Å²) in [7, 11) is 0. The maximum absolute atomic E-state index is 6.01. The summed E-state index contributed by atoms with van der Waals surface area (Å²) in [5.74, 6) is 0.750. The zero-order valence-electron chi connectivity index (χ0n) is 9.65. The minimum absolute atomic E-state index is 0.288. The van der Waals surface area contributed by atoms with E-state index in [9.17, 15) is 0 Å². The number of benzene rings is 1. The van der Waals surface area contributed by atoms with E-state index < -0.39 is 0 Å². The van der Waals surface area contributed by atoms with Gasteiger partial charge < -0.3 is 5.73 Å². The molecule has 88 valence electrons. The second-order valence-electron chi connectivity index (χ2n) is 4.52. The van der Waals surface area contributed by atoms with Crippen molar-refractivity contribution in [3.63, 3.8) is 0 Å². The Morgan fingerprint density at radius 1 is 1.47 bits per heavy atom. The van der Waals surface area contributed by atoms with Gasteiger partial charge in [0, 0.05) is 10.5 Å². The van der Waals surface area contributed by atoms with E-state index in [0.29, 0.717) is 0 Å². The summed E-state index contributed by atoms with van der Waals surface area (Å²) in [4.78, 5) is 0. The Hall–Kier alpha value is -1.29. The van der Waals surface area contributed by atoms with Crippen molar-refractivity contribution < 1.29 is 0 Å². The Labute approximate surface area is 109 Å². The minimum atomic E-state index is 0.288. The molecule has 1 unspecified atom stereocenters. The third-order valence-electron chi connectivity index (χ3n) is 3.36. The summed E-state index contributed by atoms with van der Waals surface area (Å²) in [5.41, 5.74) is 9.72. The maximum atomic E-state index is 6.01. The molecular formula is C13H14BrN3. The molecule has 3 rings (SSSR count). The van der Waals surface area contributed by atoms with Gasteiger partial charge in [0.1, 0.15) is 5.82 Å². The highest BCUT2D eigenvalue weighted by atomic mass is 79.9. The number of aryl methyl sites for hydroxylation is 1. The van der Waals surface area contributed by atoms with Crippen LogP contribution in [0, 0.1) is 6.92 Å². The summed E-state index contributed by atoms with van der Waals surface area (Å²) >= 11 is 3.61. The Bertz CT molecular complexity index is 574. The average molecular weight is 292 g/mol. The molecule has 1 atom stereocenters. The first kappa shape index (κ1) is 10.8. The Morgan fingerprint density at radius 3 is 3.00 bits per heavy atom. The number of nitrogen functional groups attached to an aromatic ring is 1. The molecule has 1 heterocycles. The van der Waals surface area contributed by atoms with Crippen LogP contribution in [-0.2, 0) is 6.42 Å². The van der Waals surface area contributed by atoms with Crippen LogP contribution in [0.2, 0.25) is 0 Å². The van der Waals surface area contributed by atoms with Crippen molar-refractivity contribution in [1.29, 1.82) is 0 Å². The Kier molecular flexibility index (Phi) is 2.47. The lowest BCUT2D eigenvalue weighted by Crippen LogP contribution is -2.12. The Morgan fingerprint density at radius 2 is 2.29 bits per heavy atom. The lowest BCUT2D eigenvalue weighted by molar-refractivity contribution is 0.524. The SMILES string of the molecule is Cc1cc(N)n(C2CCc3c(Br)cccc32)n1. The molecule has 0 amide bonds. The molecule has 1 aromatic carbocycles. The van der Waals surface area contributed by atoms with Crippen LogP contribution in [0.4, 0.5) is 5.82 Å². The van der Waals surface area contributed by atoms with Crippen LogP contribution < -0.4 is 5.73 Å². The number of halogens is 1. The van der Waals surface area contributed by atoms with Gasteiger partial charge in [-0.25, -0.2) is 4.68 Å². The van der Waals surface area contributed by atoms with Gasteiger partial charge in [-0.3, -0.25) is 0 Å². The molecule has 0 bridgehead atoms. The van der Waals surface area contributed by atoms with Crippen LogP contribution in [0.15, 0.2) is 28.7 Å². The van der Waals surface area contributed by atoms with Crippen LogP contribution in [-0.4, -0.2) is 9.78 Å². The van der Waals surface area contributed by atoms with Crippen LogP contribution >= 0.6 is 15.9 Å². The van der Waals surface area contributed by atoms with Crippen molar-refractivity contribution >= 4 is 21.7 Å². The maximum Gasteiger partial charge on any atom is 0.122 e. The van der Waals surface area contributed by atoms with Crippen LogP contribution in [0.5, 0.6) is 0 Å². The molecule has 0 saturated carbocycles. The molecule has 0 saturated heterocycles. The fourth-order valence-electron chi connectivity index (χ4n) is 2.63. The van der Waals surface area contributed by atoms with E-state index in [4.69, 9.17) is 5.73 Å². The molecule has 0 fully saturated rings. The number of rotatable bonds is 1. The minimum Gasteiger partial charge on any atom is -0.384 e. The predicted octanol–water partition coefficient (Wildman–Crippen LogP) is 3.07. The van der Waals surface area contributed by atoms with E-state index in [0.717, 1.165) is 24.4 Å². The lowest BCUT2D eigenvalue weighted by atomic mass is 10.1. The van der Waals surface area contributed by atoms with E-state index in [-0.39, 0.29) is 6.04 Å². The molecule has 4 heteroatoms. The summed E-state index contributed by atoms with van der Waals surface area (Å²) < 4.78 is 3.15. The van der Waals surface area contributed by atoms with Crippen molar-refractivity contribution in [3.05, 3.63) is 45.6 Å². The number of hydrogen-bond donors (Lipinski definition) is 1. The summed E-state index contributed by atoms with van der Waals surface area (Å²) in [5, 5.41) is 4.50. The lowest BCUT2D eigenvalue weighted by Gasteiger charge is -2.14. The number of aromatic nitrogens is 2. The van der Waals surface area contributed by atoms with Gasteiger partial charge in [0.2, 0.25) is 0 Å². The molecule has 17 heavy (non-hydrogen) atoms. The van der Waals surface area contributed by atoms with Gasteiger partial charge in [0.05, 0.1) is 11.7 Å². The monoisotopic (exact) mass is 291 g/mol. The van der Waals surface area contributed by atoms with Gasteiger partial charge in [0.15, 0.2) is 0 Å². The largest absolute Gasteiger partial charge is 0.384 e. The molecule has 2 aromatic rings. The zero-order valence-corrected chi connectivity index (χ0v) is 11.2. The van der Waals surface area contributed by atoms with E-state index in [1.54, 1.807) is 0 Å². The Balaban J connectivity index is 2.10. The summed E-state index contributed by atoms with van der Waals surface area (Å²) in [6.45, 7) is 1.98. The van der Waals surface area contributed by atoms with Crippen molar-refractivity contribution in [3.8, 4) is 0 Å². The summed E-state index contributed by atoms with van der Waals surface area (Å²) in [6.07, 6.45) is 2.16. The second-order valence-corrected chi connectivity index (χ2v) is 5.37. The molecule has 2 N–H and O–H groups in total. The fraction of sp³-hybridized carbons (Fsp3) is 0.308. The molecular weight excluding hydrogens is 278 g/mol. The van der Waals surface area contributed by atoms with Crippen LogP contribution in [0.3, 0.4) is 0 Å². The number of hydrogen-bond acceptors (Lipinski definition) is 2. The third kappa shape index (κ3) is 1.67. The normalized spacial score (nSPS) is 18.4.